The summed E-state index contributed by atoms with van der Waals surface area (Å²) < 4.78 is 23.2. The maximum absolute atomic E-state index is 12.2. The Morgan fingerprint density at radius 1 is 0.963 bits per heavy atom. The minimum Gasteiger partial charge on any atom is -0.493 e. The molecular formula is C19H19NO6S. The average molecular weight is 389 g/mol. The van der Waals surface area contributed by atoms with E-state index in [4.69, 9.17) is 18.9 Å². The highest BCUT2D eigenvalue weighted by molar-refractivity contribution is 7.22. The van der Waals surface area contributed by atoms with Gasteiger partial charge in [-0.2, -0.15) is 0 Å². The van der Waals surface area contributed by atoms with Crippen LogP contribution in [0.15, 0.2) is 29.1 Å². The van der Waals surface area contributed by atoms with E-state index in [1.165, 1.54) is 36.2 Å². The van der Waals surface area contributed by atoms with Gasteiger partial charge in [0.15, 0.2) is 11.5 Å². The summed E-state index contributed by atoms with van der Waals surface area (Å²) in [5, 5.41) is 0. The van der Waals surface area contributed by atoms with Crippen LogP contribution in [0, 0.1) is 0 Å². The maximum Gasteiger partial charge on any atom is 0.339 e. The Labute approximate surface area is 159 Å². The number of carbonyl (C=O) groups is 1. The number of benzene rings is 1. The third-order valence-corrected chi connectivity index (χ3v) is 5.48. The van der Waals surface area contributed by atoms with Crippen molar-refractivity contribution >= 4 is 27.5 Å². The molecule has 0 aliphatic rings. The number of methoxy groups -OCH3 is 4. The number of hydrogen-bond donors (Lipinski definition) is 0. The molecule has 8 heteroatoms. The van der Waals surface area contributed by atoms with Crippen molar-refractivity contribution < 1.29 is 23.7 Å². The Kier molecular flexibility index (Phi) is 5.09. The Hall–Kier alpha value is -3.00. The second-order valence-corrected chi connectivity index (χ2v) is 6.74. The normalized spacial score (nSPS) is 10.7. The fraction of sp³-hybridized carbons (Fsp3) is 0.263. The van der Waals surface area contributed by atoms with Crippen LogP contribution in [0.1, 0.15) is 10.4 Å². The number of esters is 1. The Balaban J connectivity index is 2.29. The zero-order valence-corrected chi connectivity index (χ0v) is 16.4. The van der Waals surface area contributed by atoms with Gasteiger partial charge in [0.1, 0.15) is 0 Å². The van der Waals surface area contributed by atoms with Gasteiger partial charge in [-0.15, -0.1) is 11.3 Å². The molecule has 1 aromatic carbocycles. The van der Waals surface area contributed by atoms with Crippen LogP contribution >= 0.6 is 11.3 Å². The van der Waals surface area contributed by atoms with Gasteiger partial charge in [-0.1, -0.05) is 0 Å². The van der Waals surface area contributed by atoms with Crippen LogP contribution in [0.2, 0.25) is 0 Å². The van der Waals surface area contributed by atoms with E-state index in [9.17, 15) is 9.59 Å². The SMILES string of the molecule is COC(=O)c1cc(=O)n(C)c2cc(-c3cc(OC)c(OC)c(OC)c3)sc12. The summed E-state index contributed by atoms with van der Waals surface area (Å²) in [5.41, 5.74) is 1.43. The van der Waals surface area contributed by atoms with Gasteiger partial charge in [-0.3, -0.25) is 4.79 Å². The molecule has 2 aromatic heterocycles. The summed E-state index contributed by atoms with van der Waals surface area (Å²) in [4.78, 5) is 25.2. The monoisotopic (exact) mass is 389 g/mol. The van der Waals surface area contributed by atoms with Gasteiger partial charge in [0.25, 0.3) is 5.56 Å². The van der Waals surface area contributed by atoms with E-state index in [1.807, 2.05) is 18.2 Å². The summed E-state index contributed by atoms with van der Waals surface area (Å²) in [5.74, 6) is 0.987. The number of rotatable bonds is 5. The molecule has 0 saturated carbocycles. The lowest BCUT2D eigenvalue weighted by Gasteiger charge is -2.13. The number of carbonyl (C=O) groups excluding carboxylic acids is 1. The summed E-state index contributed by atoms with van der Waals surface area (Å²) in [6, 6.07) is 6.79. The molecule has 0 saturated heterocycles. The first kappa shape index (κ1) is 18.8. The number of ether oxygens (including phenoxy) is 4. The van der Waals surface area contributed by atoms with Gasteiger partial charge >= 0.3 is 5.97 Å². The zero-order chi connectivity index (χ0) is 19.7. The Bertz CT molecular complexity index is 1060. The molecule has 0 radical (unpaired) electrons. The van der Waals surface area contributed by atoms with Crippen LogP contribution in [-0.2, 0) is 11.8 Å². The van der Waals surface area contributed by atoms with Crippen LogP contribution in [0.5, 0.6) is 17.2 Å². The molecule has 7 nitrogen and oxygen atoms in total. The molecule has 0 spiro atoms. The lowest BCUT2D eigenvalue weighted by Crippen LogP contribution is -2.18. The minimum absolute atomic E-state index is 0.249. The highest BCUT2D eigenvalue weighted by atomic mass is 32.1. The van der Waals surface area contributed by atoms with Gasteiger partial charge in [0.05, 0.1) is 44.2 Å². The maximum atomic E-state index is 12.2. The highest BCUT2D eigenvalue weighted by Crippen LogP contribution is 2.43. The van der Waals surface area contributed by atoms with Crippen molar-refractivity contribution in [3.05, 3.63) is 40.2 Å². The van der Waals surface area contributed by atoms with Crippen LogP contribution in [0.4, 0.5) is 0 Å². The van der Waals surface area contributed by atoms with E-state index in [1.54, 1.807) is 21.3 Å². The van der Waals surface area contributed by atoms with E-state index in [2.05, 4.69) is 0 Å². The molecule has 3 rings (SSSR count). The second kappa shape index (κ2) is 7.32. The molecule has 0 aliphatic heterocycles. The molecule has 27 heavy (non-hydrogen) atoms. The quantitative estimate of drug-likeness (QED) is 0.624. The standard InChI is InChI=1S/C19H19NO6S/c1-20-12-9-15(27-18(12)11(8-16(20)21)19(22)26-5)10-6-13(23-2)17(25-4)14(7-10)24-3/h6-9H,1-5H3. The van der Waals surface area contributed by atoms with Crippen molar-refractivity contribution in [1.29, 1.82) is 0 Å². The van der Waals surface area contributed by atoms with Crippen molar-refractivity contribution in [1.82, 2.24) is 4.57 Å². The van der Waals surface area contributed by atoms with Crippen molar-refractivity contribution in [2.75, 3.05) is 28.4 Å². The van der Waals surface area contributed by atoms with Crippen molar-refractivity contribution in [3.8, 4) is 27.7 Å². The largest absolute Gasteiger partial charge is 0.493 e. The van der Waals surface area contributed by atoms with Crippen molar-refractivity contribution in [2.24, 2.45) is 7.05 Å². The molecule has 0 N–H and O–H groups in total. The molecule has 0 amide bonds. The molecular weight excluding hydrogens is 370 g/mol. The molecule has 0 fully saturated rings. The fourth-order valence-electron chi connectivity index (χ4n) is 2.86. The third kappa shape index (κ3) is 3.12. The lowest BCUT2D eigenvalue weighted by atomic mass is 10.1. The van der Waals surface area contributed by atoms with E-state index in [-0.39, 0.29) is 11.1 Å². The van der Waals surface area contributed by atoms with Crippen LogP contribution in [0.25, 0.3) is 20.7 Å². The molecule has 0 aliphatic carbocycles. The predicted molar refractivity (Wildman–Crippen MR) is 103 cm³/mol. The average Bonchev–Trinajstić information content (AvgIpc) is 3.14. The van der Waals surface area contributed by atoms with Crippen LogP contribution in [0.3, 0.4) is 0 Å². The van der Waals surface area contributed by atoms with Gasteiger partial charge < -0.3 is 23.5 Å². The van der Waals surface area contributed by atoms with Crippen molar-refractivity contribution in [2.45, 2.75) is 0 Å². The smallest absolute Gasteiger partial charge is 0.339 e. The number of aryl methyl sites for hydroxylation is 1. The van der Waals surface area contributed by atoms with E-state index < -0.39 is 5.97 Å². The highest BCUT2D eigenvalue weighted by Gasteiger charge is 2.20. The molecule has 0 bridgehead atoms. The Morgan fingerprint density at radius 3 is 2.11 bits per heavy atom. The number of aromatic nitrogens is 1. The summed E-state index contributed by atoms with van der Waals surface area (Å²) in [6.45, 7) is 0. The van der Waals surface area contributed by atoms with E-state index >= 15 is 0 Å². The summed E-state index contributed by atoms with van der Waals surface area (Å²) >= 11 is 1.38. The van der Waals surface area contributed by atoms with Crippen molar-refractivity contribution in [3.63, 3.8) is 0 Å². The van der Waals surface area contributed by atoms with Gasteiger partial charge in [0.2, 0.25) is 5.75 Å². The van der Waals surface area contributed by atoms with Crippen LogP contribution < -0.4 is 19.8 Å². The number of nitrogens with zero attached hydrogens (tertiary/aromatic N) is 1. The molecule has 142 valence electrons. The summed E-state index contributed by atoms with van der Waals surface area (Å²) in [6.07, 6.45) is 0. The fourth-order valence-corrected chi connectivity index (χ4v) is 4.03. The minimum atomic E-state index is -0.545. The number of hydrogen-bond acceptors (Lipinski definition) is 7. The van der Waals surface area contributed by atoms with E-state index in [0.29, 0.717) is 27.5 Å². The molecule has 0 atom stereocenters. The second-order valence-electron chi connectivity index (χ2n) is 5.69. The molecule has 3 aromatic rings. The molecule has 2 heterocycles. The molecule has 0 unspecified atom stereocenters. The first-order valence-corrected chi connectivity index (χ1v) is 8.79. The topological polar surface area (TPSA) is 76.0 Å². The predicted octanol–water partition coefficient (Wildman–Crippen LogP) is 3.08. The number of pyridine rings is 1. The van der Waals surface area contributed by atoms with Gasteiger partial charge in [-0.25, -0.2) is 4.79 Å². The van der Waals surface area contributed by atoms with Gasteiger partial charge in [0, 0.05) is 18.0 Å². The first-order chi connectivity index (χ1) is 12.9. The van der Waals surface area contributed by atoms with Gasteiger partial charge in [-0.05, 0) is 23.8 Å². The zero-order valence-electron chi connectivity index (χ0n) is 15.6. The summed E-state index contributed by atoms with van der Waals surface area (Å²) in [7, 11) is 7.59. The van der Waals surface area contributed by atoms with E-state index in [0.717, 1.165) is 10.4 Å². The Morgan fingerprint density at radius 2 is 1.59 bits per heavy atom. The number of fused-ring (bicyclic) bond motifs is 1. The number of thiophene rings is 1. The van der Waals surface area contributed by atoms with Crippen LogP contribution in [-0.4, -0.2) is 39.0 Å². The third-order valence-electron chi connectivity index (χ3n) is 4.27. The lowest BCUT2D eigenvalue weighted by molar-refractivity contribution is 0.0603. The first-order valence-electron chi connectivity index (χ1n) is 7.97.